The van der Waals surface area contributed by atoms with E-state index < -0.39 is 0 Å². The van der Waals surface area contributed by atoms with Crippen LogP contribution in [-0.2, 0) is 0 Å². The second-order valence-corrected chi connectivity index (χ2v) is 14.5. The molecule has 0 aliphatic rings. The van der Waals surface area contributed by atoms with Crippen LogP contribution in [0.4, 0.5) is 0 Å². The number of nitrogens with zero attached hydrogens (tertiary/aromatic N) is 6. The molecule has 266 valence electrons. The molecular weight excluding hydrogens is 697 g/mol. The minimum atomic E-state index is 0.581. The third-order valence-electron chi connectivity index (χ3n) is 11.3. The van der Waals surface area contributed by atoms with Gasteiger partial charge in [0.15, 0.2) is 11.6 Å². The summed E-state index contributed by atoms with van der Waals surface area (Å²) in [7, 11) is 0. The molecule has 0 bridgehead atoms. The molecule has 0 aliphatic carbocycles. The highest BCUT2D eigenvalue weighted by Crippen LogP contribution is 2.41. The zero-order valence-corrected chi connectivity index (χ0v) is 30.7. The van der Waals surface area contributed by atoms with Gasteiger partial charge in [0.05, 0.1) is 33.1 Å². The van der Waals surface area contributed by atoms with E-state index in [0.29, 0.717) is 17.6 Å². The van der Waals surface area contributed by atoms with Crippen LogP contribution in [-0.4, -0.2) is 28.7 Å². The molecule has 8 aromatic carbocycles. The number of hydrogen-bond acceptors (Lipinski definition) is 3. The highest BCUT2D eigenvalue weighted by atomic mass is 15.2. The summed E-state index contributed by atoms with van der Waals surface area (Å²) >= 11 is 0. The Balaban J connectivity index is 1.14. The third-order valence-corrected chi connectivity index (χ3v) is 11.3. The molecule has 6 heteroatoms. The molecule has 12 aromatic rings. The van der Waals surface area contributed by atoms with Crippen LogP contribution in [0.1, 0.15) is 0 Å². The average Bonchev–Trinajstić information content (AvgIpc) is 3.91. The Hall–Kier alpha value is -7.83. The summed E-state index contributed by atoms with van der Waals surface area (Å²) in [4.78, 5) is 15.3. The maximum atomic E-state index is 5.18. The van der Waals surface area contributed by atoms with Gasteiger partial charge in [-0.15, -0.1) is 0 Å². The second-order valence-electron chi connectivity index (χ2n) is 14.5. The van der Waals surface area contributed by atoms with Crippen LogP contribution in [0.25, 0.3) is 106 Å². The molecule has 0 N–H and O–H groups in total. The van der Waals surface area contributed by atoms with Crippen LogP contribution in [0.3, 0.4) is 0 Å². The lowest BCUT2D eigenvalue weighted by atomic mass is 10.1. The van der Waals surface area contributed by atoms with Gasteiger partial charge in [-0.3, -0.25) is 4.57 Å². The molecule has 6 nitrogen and oxygen atoms in total. The average molecular weight is 729 g/mol. The maximum absolute atomic E-state index is 5.18. The van der Waals surface area contributed by atoms with Gasteiger partial charge in [0.2, 0.25) is 5.95 Å². The number of rotatable bonds is 5. The Morgan fingerprint density at radius 1 is 0.263 bits per heavy atom. The SMILES string of the molecule is c1ccc(-c2nc(-c3ccccc3)nc(-n3c4ccccc4c4cc5c(cc43)c3ccccc3n5-c3ccc4c(c3)c3ccccc3n4-c3ccccc3)n2)cc1. The molecule has 0 amide bonds. The van der Waals surface area contributed by atoms with Gasteiger partial charge in [0, 0.05) is 54.8 Å². The maximum Gasteiger partial charge on any atom is 0.238 e. The normalized spacial score (nSPS) is 11.9. The van der Waals surface area contributed by atoms with E-state index in [0.717, 1.165) is 60.7 Å². The Morgan fingerprint density at radius 2 is 0.667 bits per heavy atom. The number of para-hydroxylation sites is 4. The third kappa shape index (κ3) is 4.81. The molecular formula is C51H32N6. The number of benzene rings is 8. The van der Waals surface area contributed by atoms with E-state index in [9.17, 15) is 0 Å². The predicted octanol–water partition coefficient (Wildman–Crippen LogP) is 12.5. The van der Waals surface area contributed by atoms with Gasteiger partial charge >= 0.3 is 0 Å². The van der Waals surface area contributed by atoms with Gasteiger partial charge in [0.1, 0.15) is 0 Å². The summed E-state index contributed by atoms with van der Waals surface area (Å²) < 4.78 is 7.00. The lowest BCUT2D eigenvalue weighted by Crippen LogP contribution is -2.06. The first-order chi connectivity index (χ1) is 28.3. The predicted molar refractivity (Wildman–Crippen MR) is 234 cm³/mol. The summed E-state index contributed by atoms with van der Waals surface area (Å²) in [6.45, 7) is 0. The van der Waals surface area contributed by atoms with Crippen molar-refractivity contribution in [3.8, 4) is 40.1 Å². The monoisotopic (exact) mass is 728 g/mol. The Morgan fingerprint density at radius 3 is 1.21 bits per heavy atom. The van der Waals surface area contributed by atoms with Crippen molar-refractivity contribution >= 4 is 65.4 Å². The number of fused-ring (bicyclic) bond motifs is 9. The first kappa shape index (κ1) is 31.5. The van der Waals surface area contributed by atoms with Crippen LogP contribution in [0, 0.1) is 0 Å². The van der Waals surface area contributed by atoms with Gasteiger partial charge in [-0.05, 0) is 60.7 Å². The molecule has 0 atom stereocenters. The summed E-state index contributed by atoms with van der Waals surface area (Å²) in [5.74, 6) is 1.84. The lowest BCUT2D eigenvalue weighted by molar-refractivity contribution is 0.954. The van der Waals surface area contributed by atoms with Crippen molar-refractivity contribution in [3.05, 3.63) is 194 Å². The summed E-state index contributed by atoms with van der Waals surface area (Å²) in [5.41, 5.74) is 10.9. The van der Waals surface area contributed by atoms with E-state index in [2.05, 4.69) is 171 Å². The lowest BCUT2D eigenvalue weighted by Gasteiger charge is -2.11. The van der Waals surface area contributed by atoms with E-state index in [1.54, 1.807) is 0 Å². The minimum absolute atomic E-state index is 0.581. The van der Waals surface area contributed by atoms with Crippen molar-refractivity contribution in [2.24, 2.45) is 0 Å². The minimum Gasteiger partial charge on any atom is -0.309 e. The molecule has 0 unspecified atom stereocenters. The van der Waals surface area contributed by atoms with Crippen LogP contribution in [0.2, 0.25) is 0 Å². The van der Waals surface area contributed by atoms with E-state index in [1.807, 2.05) is 36.4 Å². The van der Waals surface area contributed by atoms with Crippen LogP contribution < -0.4 is 0 Å². The van der Waals surface area contributed by atoms with Crippen molar-refractivity contribution in [1.29, 1.82) is 0 Å². The van der Waals surface area contributed by atoms with Crippen molar-refractivity contribution in [1.82, 2.24) is 28.7 Å². The van der Waals surface area contributed by atoms with Gasteiger partial charge in [-0.25, -0.2) is 4.98 Å². The van der Waals surface area contributed by atoms with Gasteiger partial charge in [0.25, 0.3) is 0 Å². The van der Waals surface area contributed by atoms with Gasteiger partial charge < -0.3 is 9.13 Å². The highest BCUT2D eigenvalue weighted by Gasteiger charge is 2.22. The molecule has 4 heterocycles. The molecule has 0 fully saturated rings. The first-order valence-electron chi connectivity index (χ1n) is 19.2. The fraction of sp³-hybridized carbons (Fsp3) is 0. The molecule has 0 aliphatic heterocycles. The van der Waals surface area contributed by atoms with Crippen molar-refractivity contribution in [2.45, 2.75) is 0 Å². The van der Waals surface area contributed by atoms with Crippen molar-refractivity contribution in [2.75, 3.05) is 0 Å². The smallest absolute Gasteiger partial charge is 0.238 e. The molecule has 0 radical (unpaired) electrons. The zero-order valence-electron chi connectivity index (χ0n) is 30.7. The quantitative estimate of drug-likeness (QED) is 0.177. The molecule has 0 spiro atoms. The highest BCUT2D eigenvalue weighted by molar-refractivity contribution is 6.19. The Kier molecular flexibility index (Phi) is 6.83. The summed E-state index contributed by atoms with van der Waals surface area (Å²) in [6, 6.07) is 68.5. The van der Waals surface area contributed by atoms with E-state index in [4.69, 9.17) is 15.0 Å². The Bertz CT molecular complexity index is 3450. The number of hydrogen-bond donors (Lipinski definition) is 0. The standard InChI is InChI=1S/C51H32N6/c1-4-16-33(17-5-1)49-52-50(34-18-6-2-7-19-34)54-51(53-49)57-45-27-15-12-24-39(45)42-31-47-41(32-48(42)57)38-23-11-14-26-44(38)56(47)36-28-29-46-40(30-36)37-22-10-13-25-43(37)55(46)35-20-8-3-9-21-35/h1-32H. The number of aromatic nitrogens is 6. The zero-order chi connectivity index (χ0) is 37.5. The van der Waals surface area contributed by atoms with Crippen LogP contribution >= 0.6 is 0 Å². The largest absolute Gasteiger partial charge is 0.309 e. The summed E-state index contributed by atoms with van der Waals surface area (Å²) in [5, 5.41) is 7.06. The van der Waals surface area contributed by atoms with Crippen LogP contribution in [0.15, 0.2) is 194 Å². The van der Waals surface area contributed by atoms with E-state index in [1.165, 1.54) is 27.2 Å². The first-order valence-corrected chi connectivity index (χ1v) is 19.2. The summed E-state index contributed by atoms with van der Waals surface area (Å²) in [6.07, 6.45) is 0. The fourth-order valence-electron chi connectivity index (χ4n) is 8.78. The van der Waals surface area contributed by atoms with E-state index >= 15 is 0 Å². The fourth-order valence-corrected chi connectivity index (χ4v) is 8.78. The molecule has 0 saturated heterocycles. The molecule has 12 rings (SSSR count). The van der Waals surface area contributed by atoms with Gasteiger partial charge in [-0.2, -0.15) is 9.97 Å². The Labute approximate surface area is 327 Å². The second kappa shape index (κ2) is 12.3. The molecule has 0 saturated carbocycles. The molecule has 57 heavy (non-hydrogen) atoms. The topological polar surface area (TPSA) is 53.5 Å². The molecule has 4 aromatic heterocycles. The van der Waals surface area contributed by atoms with Gasteiger partial charge in [-0.1, -0.05) is 133 Å². The van der Waals surface area contributed by atoms with Crippen LogP contribution in [0.5, 0.6) is 0 Å². The van der Waals surface area contributed by atoms with Crippen molar-refractivity contribution in [3.63, 3.8) is 0 Å². The van der Waals surface area contributed by atoms with E-state index in [-0.39, 0.29) is 0 Å². The van der Waals surface area contributed by atoms with Crippen molar-refractivity contribution < 1.29 is 0 Å².